The van der Waals surface area contributed by atoms with Crippen LogP contribution in [0.15, 0.2) is 6.20 Å². The molecule has 0 spiro atoms. The number of imidazole rings is 1. The van der Waals surface area contributed by atoms with E-state index in [4.69, 9.17) is 10.6 Å². The first-order valence-electron chi connectivity index (χ1n) is 5.33. The molecule has 15 heavy (non-hydrogen) atoms. The molecule has 1 fully saturated rings. The summed E-state index contributed by atoms with van der Waals surface area (Å²) in [6.07, 6.45) is 3.99. The zero-order valence-corrected chi connectivity index (χ0v) is 9.07. The molecule has 1 aromatic rings. The third kappa shape index (κ3) is 2.77. The standard InChI is InChI=1S/C10H18N4O/c1-14(11)7-9-6-12-10(13-9)8-2-4-15-5-3-8/h6,8H,2-5,7,11H2,1H3,(H,12,13). The van der Waals surface area contributed by atoms with Crippen LogP contribution in [0.3, 0.4) is 0 Å². The molecule has 84 valence electrons. The lowest BCUT2D eigenvalue weighted by molar-refractivity contribution is 0.0837. The summed E-state index contributed by atoms with van der Waals surface area (Å²) in [5, 5.41) is 1.64. The molecular weight excluding hydrogens is 192 g/mol. The fourth-order valence-corrected chi connectivity index (χ4v) is 1.90. The molecule has 0 unspecified atom stereocenters. The number of nitrogens with zero attached hydrogens (tertiary/aromatic N) is 2. The summed E-state index contributed by atoms with van der Waals surface area (Å²) in [7, 11) is 1.84. The molecule has 1 aliphatic rings. The molecular formula is C10H18N4O. The number of hydrogen-bond donors (Lipinski definition) is 2. The highest BCUT2D eigenvalue weighted by Gasteiger charge is 2.18. The van der Waals surface area contributed by atoms with E-state index in [1.807, 2.05) is 13.2 Å². The molecule has 0 amide bonds. The quantitative estimate of drug-likeness (QED) is 0.566. The minimum absolute atomic E-state index is 0.524. The summed E-state index contributed by atoms with van der Waals surface area (Å²) < 4.78 is 5.32. The van der Waals surface area contributed by atoms with Crippen molar-refractivity contribution in [2.75, 3.05) is 20.3 Å². The highest BCUT2D eigenvalue weighted by atomic mass is 16.5. The Balaban J connectivity index is 1.99. The van der Waals surface area contributed by atoms with Crippen molar-refractivity contribution in [2.24, 2.45) is 5.84 Å². The first kappa shape index (κ1) is 10.6. The van der Waals surface area contributed by atoms with E-state index in [-0.39, 0.29) is 0 Å². The molecule has 1 aromatic heterocycles. The molecule has 3 N–H and O–H groups in total. The van der Waals surface area contributed by atoms with Crippen molar-refractivity contribution in [1.29, 1.82) is 0 Å². The minimum atomic E-state index is 0.524. The Labute approximate surface area is 89.6 Å². The van der Waals surface area contributed by atoms with Crippen LogP contribution >= 0.6 is 0 Å². The Kier molecular flexibility index (Phi) is 3.35. The average molecular weight is 210 g/mol. The van der Waals surface area contributed by atoms with Gasteiger partial charge in [0.25, 0.3) is 0 Å². The lowest BCUT2D eigenvalue weighted by Crippen LogP contribution is -2.25. The molecule has 0 aliphatic carbocycles. The van der Waals surface area contributed by atoms with E-state index in [2.05, 4.69) is 9.97 Å². The molecule has 5 nitrogen and oxygen atoms in total. The van der Waals surface area contributed by atoms with E-state index in [0.29, 0.717) is 12.5 Å². The number of aromatic nitrogens is 2. The Hall–Kier alpha value is -0.910. The molecule has 1 aliphatic heterocycles. The largest absolute Gasteiger partial charge is 0.381 e. The van der Waals surface area contributed by atoms with E-state index in [1.54, 1.807) is 5.01 Å². The van der Waals surface area contributed by atoms with Crippen LogP contribution in [-0.4, -0.2) is 35.2 Å². The summed E-state index contributed by atoms with van der Waals surface area (Å²) >= 11 is 0. The van der Waals surface area contributed by atoms with Gasteiger partial charge in [0.2, 0.25) is 0 Å². The number of rotatable bonds is 3. The molecule has 1 saturated heterocycles. The van der Waals surface area contributed by atoms with Crippen LogP contribution in [0.25, 0.3) is 0 Å². The second-order valence-electron chi connectivity index (χ2n) is 4.10. The molecule has 0 bridgehead atoms. The summed E-state index contributed by atoms with van der Waals surface area (Å²) in [6.45, 7) is 2.39. The van der Waals surface area contributed by atoms with Gasteiger partial charge in [-0.05, 0) is 12.8 Å². The molecule has 0 atom stereocenters. The fourth-order valence-electron chi connectivity index (χ4n) is 1.90. The number of nitrogens with one attached hydrogen (secondary N) is 1. The highest BCUT2D eigenvalue weighted by Crippen LogP contribution is 2.24. The van der Waals surface area contributed by atoms with Gasteiger partial charge < -0.3 is 9.72 Å². The Morgan fingerprint density at radius 2 is 2.33 bits per heavy atom. The van der Waals surface area contributed by atoms with E-state index >= 15 is 0 Å². The molecule has 0 radical (unpaired) electrons. The maximum atomic E-state index is 5.58. The fraction of sp³-hybridized carbons (Fsp3) is 0.700. The number of H-pyrrole nitrogens is 1. The van der Waals surface area contributed by atoms with Gasteiger partial charge >= 0.3 is 0 Å². The first-order valence-corrected chi connectivity index (χ1v) is 5.33. The van der Waals surface area contributed by atoms with Crippen LogP contribution in [0.1, 0.15) is 30.3 Å². The normalized spacial score (nSPS) is 18.6. The number of nitrogens with two attached hydrogens (primary N) is 1. The number of ether oxygens (including phenoxy) is 1. The van der Waals surface area contributed by atoms with Crippen molar-refractivity contribution in [2.45, 2.75) is 25.3 Å². The maximum absolute atomic E-state index is 5.58. The number of aromatic amines is 1. The van der Waals surface area contributed by atoms with Crippen molar-refractivity contribution >= 4 is 0 Å². The predicted molar refractivity (Wildman–Crippen MR) is 57.0 cm³/mol. The van der Waals surface area contributed by atoms with Crippen LogP contribution < -0.4 is 5.84 Å². The monoisotopic (exact) mass is 210 g/mol. The summed E-state index contributed by atoms with van der Waals surface area (Å²) in [5.74, 6) is 7.18. The molecule has 2 heterocycles. The van der Waals surface area contributed by atoms with Crippen LogP contribution in [0.4, 0.5) is 0 Å². The van der Waals surface area contributed by atoms with Gasteiger partial charge in [0, 0.05) is 32.4 Å². The molecule has 2 rings (SSSR count). The topological polar surface area (TPSA) is 67.2 Å². The molecule has 0 aromatic carbocycles. The Morgan fingerprint density at radius 1 is 1.60 bits per heavy atom. The van der Waals surface area contributed by atoms with Gasteiger partial charge in [0.15, 0.2) is 0 Å². The van der Waals surface area contributed by atoms with Crippen molar-refractivity contribution in [3.8, 4) is 0 Å². The van der Waals surface area contributed by atoms with Crippen LogP contribution in [0, 0.1) is 0 Å². The van der Waals surface area contributed by atoms with Gasteiger partial charge in [-0.1, -0.05) is 0 Å². The predicted octanol–water partition coefficient (Wildman–Crippen LogP) is 0.609. The van der Waals surface area contributed by atoms with Gasteiger partial charge in [-0.15, -0.1) is 0 Å². The van der Waals surface area contributed by atoms with Crippen molar-refractivity contribution in [1.82, 2.24) is 15.0 Å². The maximum Gasteiger partial charge on any atom is 0.109 e. The van der Waals surface area contributed by atoms with E-state index in [1.165, 1.54) is 0 Å². The number of hydrogen-bond acceptors (Lipinski definition) is 4. The lowest BCUT2D eigenvalue weighted by Gasteiger charge is -2.19. The van der Waals surface area contributed by atoms with E-state index in [9.17, 15) is 0 Å². The third-order valence-electron chi connectivity index (χ3n) is 2.68. The van der Waals surface area contributed by atoms with Gasteiger partial charge in [0.05, 0.1) is 12.2 Å². The summed E-state index contributed by atoms with van der Waals surface area (Å²) in [6, 6.07) is 0. The van der Waals surface area contributed by atoms with Crippen LogP contribution in [-0.2, 0) is 11.3 Å². The summed E-state index contributed by atoms with van der Waals surface area (Å²) in [4.78, 5) is 7.73. The van der Waals surface area contributed by atoms with Gasteiger partial charge in [-0.25, -0.2) is 9.99 Å². The Bertz CT molecular complexity index is 304. The van der Waals surface area contributed by atoms with Crippen molar-refractivity contribution in [3.05, 3.63) is 17.7 Å². The number of hydrazine groups is 1. The van der Waals surface area contributed by atoms with E-state index in [0.717, 1.165) is 37.6 Å². The van der Waals surface area contributed by atoms with Crippen LogP contribution in [0.2, 0.25) is 0 Å². The zero-order valence-electron chi connectivity index (χ0n) is 9.07. The molecule has 5 heteroatoms. The van der Waals surface area contributed by atoms with E-state index < -0.39 is 0 Å². The van der Waals surface area contributed by atoms with Crippen molar-refractivity contribution in [3.63, 3.8) is 0 Å². The van der Waals surface area contributed by atoms with Crippen LogP contribution in [0.5, 0.6) is 0 Å². The molecule has 0 saturated carbocycles. The Morgan fingerprint density at radius 3 is 3.00 bits per heavy atom. The summed E-state index contributed by atoms with van der Waals surface area (Å²) in [5.41, 5.74) is 1.07. The van der Waals surface area contributed by atoms with Gasteiger partial charge in [-0.3, -0.25) is 5.84 Å². The first-order chi connectivity index (χ1) is 7.25. The van der Waals surface area contributed by atoms with Crippen molar-refractivity contribution < 1.29 is 4.74 Å². The highest BCUT2D eigenvalue weighted by molar-refractivity contribution is 5.05. The third-order valence-corrected chi connectivity index (χ3v) is 2.68. The second kappa shape index (κ2) is 4.74. The van der Waals surface area contributed by atoms with Gasteiger partial charge in [-0.2, -0.15) is 0 Å². The minimum Gasteiger partial charge on any atom is -0.381 e. The SMILES string of the molecule is CN(N)Cc1cnc(C2CCOCC2)[nH]1. The lowest BCUT2D eigenvalue weighted by atomic mass is 10.00. The van der Waals surface area contributed by atoms with Gasteiger partial charge in [0.1, 0.15) is 5.82 Å². The average Bonchev–Trinajstić information content (AvgIpc) is 2.67. The smallest absolute Gasteiger partial charge is 0.109 e. The zero-order chi connectivity index (χ0) is 10.7. The second-order valence-corrected chi connectivity index (χ2v) is 4.10.